The number of carbonyl (C=O) groups is 1. The summed E-state index contributed by atoms with van der Waals surface area (Å²) in [5, 5.41) is 14.0. The van der Waals surface area contributed by atoms with E-state index in [0.717, 1.165) is 70.6 Å². The molecular formula is C61H115N2O6P. The lowest BCUT2D eigenvalue weighted by atomic mass is 10.0. The van der Waals surface area contributed by atoms with E-state index in [1.807, 2.05) is 21.1 Å². The number of phosphoric acid groups is 1. The summed E-state index contributed by atoms with van der Waals surface area (Å²) in [6.45, 7) is 4.62. The summed E-state index contributed by atoms with van der Waals surface area (Å²) in [6.07, 6.45) is 69.8. The third-order valence-corrected chi connectivity index (χ3v) is 14.2. The molecule has 0 aliphatic carbocycles. The quantitative estimate of drug-likeness (QED) is 0.0272. The zero-order valence-electron chi connectivity index (χ0n) is 46.7. The molecule has 8 nitrogen and oxygen atoms in total. The molecule has 0 spiro atoms. The first-order valence-corrected chi connectivity index (χ1v) is 31.1. The Morgan fingerprint density at radius 3 is 1.27 bits per heavy atom. The van der Waals surface area contributed by atoms with Crippen molar-refractivity contribution in [1.82, 2.24) is 5.32 Å². The maximum absolute atomic E-state index is 13.0. The van der Waals surface area contributed by atoms with Gasteiger partial charge in [0.05, 0.1) is 39.9 Å². The van der Waals surface area contributed by atoms with Crippen LogP contribution in [0.3, 0.4) is 0 Å². The van der Waals surface area contributed by atoms with E-state index in [0.29, 0.717) is 23.9 Å². The van der Waals surface area contributed by atoms with Gasteiger partial charge in [-0.15, -0.1) is 0 Å². The Morgan fingerprint density at radius 2 is 0.871 bits per heavy atom. The van der Waals surface area contributed by atoms with Crippen LogP contribution in [0.2, 0.25) is 0 Å². The van der Waals surface area contributed by atoms with Crippen LogP contribution in [0.15, 0.2) is 60.8 Å². The molecule has 2 N–H and O–H groups in total. The second-order valence-corrected chi connectivity index (χ2v) is 22.7. The van der Waals surface area contributed by atoms with Gasteiger partial charge in [0.2, 0.25) is 5.91 Å². The van der Waals surface area contributed by atoms with E-state index in [4.69, 9.17) is 9.05 Å². The van der Waals surface area contributed by atoms with Gasteiger partial charge in [-0.1, -0.05) is 267 Å². The fourth-order valence-corrected chi connectivity index (χ4v) is 9.38. The highest BCUT2D eigenvalue weighted by Gasteiger charge is 2.24. The third-order valence-electron chi connectivity index (χ3n) is 13.3. The van der Waals surface area contributed by atoms with Crippen LogP contribution in [0.1, 0.15) is 271 Å². The lowest BCUT2D eigenvalue weighted by Crippen LogP contribution is -2.46. The van der Waals surface area contributed by atoms with E-state index in [-0.39, 0.29) is 19.1 Å². The van der Waals surface area contributed by atoms with Crippen LogP contribution in [0.4, 0.5) is 0 Å². The van der Waals surface area contributed by atoms with Gasteiger partial charge in [-0.2, -0.15) is 0 Å². The van der Waals surface area contributed by atoms with Gasteiger partial charge in [0.1, 0.15) is 13.2 Å². The summed E-state index contributed by atoms with van der Waals surface area (Å²) in [4.78, 5) is 25.5. The van der Waals surface area contributed by atoms with Crippen LogP contribution < -0.4 is 10.2 Å². The minimum Gasteiger partial charge on any atom is -0.756 e. The van der Waals surface area contributed by atoms with Crippen LogP contribution in [0.5, 0.6) is 0 Å². The number of hydrogen-bond acceptors (Lipinski definition) is 6. The molecule has 70 heavy (non-hydrogen) atoms. The number of hydrogen-bond donors (Lipinski definition) is 2. The number of phosphoric ester groups is 1. The van der Waals surface area contributed by atoms with Crippen LogP contribution in [0, 0.1) is 0 Å². The van der Waals surface area contributed by atoms with E-state index >= 15 is 0 Å². The molecular weight excluding hydrogens is 888 g/mol. The first-order valence-electron chi connectivity index (χ1n) is 29.6. The average molecular weight is 1000 g/mol. The molecule has 9 heteroatoms. The maximum atomic E-state index is 13.0. The Labute approximate surface area is 434 Å². The topological polar surface area (TPSA) is 108 Å². The van der Waals surface area contributed by atoms with Gasteiger partial charge < -0.3 is 28.8 Å². The largest absolute Gasteiger partial charge is 0.756 e. The van der Waals surface area contributed by atoms with Gasteiger partial charge in [0.15, 0.2) is 0 Å². The van der Waals surface area contributed by atoms with Gasteiger partial charge in [-0.3, -0.25) is 9.36 Å². The highest BCUT2D eigenvalue weighted by atomic mass is 31.2. The van der Waals surface area contributed by atoms with E-state index in [1.54, 1.807) is 0 Å². The van der Waals surface area contributed by atoms with Crippen molar-refractivity contribution in [2.24, 2.45) is 0 Å². The minimum absolute atomic E-state index is 0.0125. The van der Waals surface area contributed by atoms with Crippen molar-refractivity contribution >= 4 is 13.7 Å². The molecule has 0 saturated carbocycles. The van der Waals surface area contributed by atoms with Crippen molar-refractivity contribution in [3.63, 3.8) is 0 Å². The fourth-order valence-electron chi connectivity index (χ4n) is 8.66. The van der Waals surface area contributed by atoms with Crippen LogP contribution in [0.25, 0.3) is 0 Å². The number of quaternary nitrogens is 1. The Kier molecular flexibility index (Phi) is 50.7. The van der Waals surface area contributed by atoms with E-state index < -0.39 is 20.0 Å². The maximum Gasteiger partial charge on any atom is 0.268 e. The van der Waals surface area contributed by atoms with Crippen molar-refractivity contribution in [1.29, 1.82) is 0 Å². The molecule has 0 aliphatic rings. The summed E-state index contributed by atoms with van der Waals surface area (Å²) in [6, 6.07) is -0.800. The highest BCUT2D eigenvalue weighted by molar-refractivity contribution is 7.45. The monoisotopic (exact) mass is 1000 g/mol. The lowest BCUT2D eigenvalue weighted by molar-refractivity contribution is -0.870. The summed E-state index contributed by atoms with van der Waals surface area (Å²) in [5.74, 6) is -0.163. The van der Waals surface area contributed by atoms with Crippen molar-refractivity contribution < 1.29 is 32.9 Å². The first-order chi connectivity index (χ1) is 34.0. The van der Waals surface area contributed by atoms with Crippen molar-refractivity contribution in [3.05, 3.63) is 60.8 Å². The van der Waals surface area contributed by atoms with Gasteiger partial charge in [0.25, 0.3) is 7.82 Å². The van der Waals surface area contributed by atoms with E-state index in [9.17, 15) is 19.4 Å². The number of aliphatic hydroxyl groups is 1. The van der Waals surface area contributed by atoms with Gasteiger partial charge in [0, 0.05) is 6.42 Å². The molecule has 0 rings (SSSR count). The summed E-state index contributed by atoms with van der Waals surface area (Å²) < 4.78 is 23.4. The number of likely N-dealkylation sites (N-methyl/N-ethyl adjacent to an activating group) is 1. The normalized spacial score (nSPS) is 14.3. The van der Waals surface area contributed by atoms with E-state index in [1.165, 1.54) is 173 Å². The average Bonchev–Trinajstić information content (AvgIpc) is 3.32. The Hall–Kier alpha value is -1.80. The highest BCUT2D eigenvalue weighted by Crippen LogP contribution is 2.38. The Balaban J connectivity index is 3.96. The third kappa shape index (κ3) is 54.0. The number of allylic oxidation sites excluding steroid dienone is 10. The van der Waals surface area contributed by atoms with E-state index in [2.05, 4.69) is 79.9 Å². The SMILES string of the molecule is CC/C=C\C/C=C\C/C=C\C/C=C\C/C=C\CCCCCCCCCCCCCCCCCCCCCC(=O)NC(COP(=O)([O-])OCC[N+](C)(C)C)C(O)CCCCCCCCCCCCCCC. The van der Waals surface area contributed by atoms with Crippen molar-refractivity contribution in [2.75, 3.05) is 40.9 Å². The molecule has 3 atom stereocenters. The standard InChI is InChI=1S/C61H115N2O6P/c1-6-8-10-12-14-16-18-20-21-22-23-24-25-26-27-28-29-30-31-32-33-34-35-36-37-38-39-40-41-43-45-47-49-51-53-55-61(65)62-59(58-69-70(66,67)68-57-56-63(3,4)5)60(64)54-52-50-48-46-44-42-19-17-15-13-11-9-7-2/h8,10,14,16,20-21,23-24,26-27,59-60,64H,6-7,9,11-13,15,17-19,22,25,28-58H2,1-5H3,(H-,62,65,66,67)/b10-8-,16-14-,21-20-,24-23-,27-26-. The molecule has 3 unspecified atom stereocenters. The second-order valence-electron chi connectivity index (χ2n) is 21.3. The smallest absolute Gasteiger partial charge is 0.268 e. The molecule has 0 aromatic carbocycles. The molecule has 0 aliphatic heterocycles. The predicted octanol–water partition coefficient (Wildman–Crippen LogP) is 17.5. The molecule has 410 valence electrons. The number of aliphatic hydroxyl groups excluding tert-OH is 1. The molecule has 0 aromatic rings. The summed E-state index contributed by atoms with van der Waals surface area (Å²) >= 11 is 0. The van der Waals surface area contributed by atoms with Crippen molar-refractivity contribution in [3.8, 4) is 0 Å². The molecule has 0 aromatic heterocycles. The molecule has 0 radical (unpaired) electrons. The number of rotatable bonds is 54. The Bertz CT molecular complexity index is 1320. The zero-order valence-corrected chi connectivity index (χ0v) is 47.6. The lowest BCUT2D eigenvalue weighted by Gasteiger charge is -2.30. The van der Waals surface area contributed by atoms with Crippen molar-refractivity contribution in [2.45, 2.75) is 283 Å². The van der Waals surface area contributed by atoms with Crippen LogP contribution >= 0.6 is 7.82 Å². The van der Waals surface area contributed by atoms with Gasteiger partial charge in [-0.05, 0) is 57.8 Å². The van der Waals surface area contributed by atoms with Gasteiger partial charge in [-0.25, -0.2) is 0 Å². The number of nitrogens with zero attached hydrogens (tertiary/aromatic N) is 1. The fraction of sp³-hybridized carbons (Fsp3) is 0.820. The first kappa shape index (κ1) is 68.2. The summed E-state index contributed by atoms with van der Waals surface area (Å²) in [7, 11) is 1.31. The number of unbranched alkanes of at least 4 members (excludes halogenated alkanes) is 31. The van der Waals surface area contributed by atoms with Gasteiger partial charge >= 0.3 is 0 Å². The predicted molar refractivity (Wildman–Crippen MR) is 302 cm³/mol. The molecule has 0 bridgehead atoms. The van der Waals surface area contributed by atoms with Crippen LogP contribution in [-0.2, 0) is 18.4 Å². The number of carbonyl (C=O) groups excluding carboxylic acids is 1. The number of nitrogens with one attached hydrogen (secondary N) is 1. The Morgan fingerprint density at radius 1 is 0.514 bits per heavy atom. The minimum atomic E-state index is -4.57. The number of amides is 1. The van der Waals surface area contributed by atoms with Crippen LogP contribution in [-0.4, -0.2) is 68.5 Å². The summed E-state index contributed by atoms with van der Waals surface area (Å²) in [5.41, 5.74) is 0. The molecule has 0 heterocycles. The molecule has 1 amide bonds. The molecule has 0 fully saturated rings. The second kappa shape index (κ2) is 52.1. The zero-order chi connectivity index (χ0) is 51.3. The molecule has 0 saturated heterocycles.